The molecule has 0 aromatic heterocycles. The van der Waals surface area contributed by atoms with Crippen LogP contribution in [0.15, 0.2) is 24.3 Å². The Hall–Kier alpha value is -4.24. The number of aliphatic carboxylic acids is 3. The van der Waals surface area contributed by atoms with E-state index in [0.717, 1.165) is 0 Å². The molecule has 36 heavy (non-hydrogen) atoms. The van der Waals surface area contributed by atoms with E-state index in [1.807, 2.05) is 10.6 Å². The fourth-order valence-corrected chi connectivity index (χ4v) is 2.91. The standard InChI is InChI=1S/C21H28N4O11/c22-12(7-10-1-3-11(27)4-2-10)18(32)25-15(9-26)20(34)24-14(8-17(30)31)19(33)23-13(21(35)36)5-6-16(28)29/h1-4,12-15,26-27H,5-9,22H2,(H,23,33)(H,24,34)(H,25,32)(H,28,29)(H,30,31)(H,35,36). The number of aromatic hydroxyl groups is 1. The molecule has 4 unspecified atom stereocenters. The van der Waals surface area contributed by atoms with Crippen molar-refractivity contribution in [1.29, 1.82) is 0 Å². The predicted molar refractivity (Wildman–Crippen MR) is 119 cm³/mol. The first-order valence-electron chi connectivity index (χ1n) is 10.6. The second kappa shape index (κ2) is 14.2. The SMILES string of the molecule is NC(Cc1ccc(O)cc1)C(=O)NC(CO)C(=O)NC(CC(=O)O)C(=O)NC(CCC(=O)O)C(=O)O. The van der Waals surface area contributed by atoms with Gasteiger partial charge >= 0.3 is 17.9 Å². The zero-order chi connectivity index (χ0) is 27.4. The van der Waals surface area contributed by atoms with Gasteiger partial charge in [0.15, 0.2) is 0 Å². The first-order chi connectivity index (χ1) is 16.8. The number of aliphatic hydroxyl groups excluding tert-OH is 1. The van der Waals surface area contributed by atoms with E-state index >= 15 is 0 Å². The molecule has 15 nitrogen and oxygen atoms in total. The van der Waals surface area contributed by atoms with Gasteiger partial charge in [0, 0.05) is 6.42 Å². The van der Waals surface area contributed by atoms with Gasteiger partial charge in [-0.05, 0) is 30.5 Å². The molecule has 0 saturated heterocycles. The molecule has 0 saturated carbocycles. The van der Waals surface area contributed by atoms with Crippen LogP contribution in [0.4, 0.5) is 0 Å². The number of carbonyl (C=O) groups is 6. The molecule has 0 spiro atoms. The number of phenolic OH excluding ortho intramolecular Hbond substituents is 1. The summed E-state index contributed by atoms with van der Waals surface area (Å²) in [6, 6.07) is -0.466. The van der Waals surface area contributed by atoms with E-state index in [2.05, 4.69) is 5.32 Å². The van der Waals surface area contributed by atoms with Crippen LogP contribution in [-0.4, -0.2) is 91.9 Å². The highest BCUT2D eigenvalue weighted by molar-refractivity contribution is 5.95. The van der Waals surface area contributed by atoms with Crippen LogP contribution >= 0.6 is 0 Å². The number of nitrogens with two attached hydrogens (primary N) is 1. The Bertz CT molecular complexity index is 967. The van der Waals surface area contributed by atoms with Gasteiger partial charge in [0.2, 0.25) is 17.7 Å². The van der Waals surface area contributed by atoms with Crippen LogP contribution in [0.2, 0.25) is 0 Å². The Labute approximate surface area is 204 Å². The zero-order valence-electron chi connectivity index (χ0n) is 18.9. The number of benzene rings is 1. The molecule has 0 aliphatic carbocycles. The fourth-order valence-electron chi connectivity index (χ4n) is 2.91. The summed E-state index contributed by atoms with van der Waals surface area (Å²) in [7, 11) is 0. The average molecular weight is 512 g/mol. The molecule has 0 bridgehead atoms. The van der Waals surface area contributed by atoms with E-state index in [0.29, 0.717) is 5.56 Å². The Balaban J connectivity index is 2.84. The van der Waals surface area contributed by atoms with Crippen molar-refractivity contribution in [2.75, 3.05) is 6.61 Å². The summed E-state index contributed by atoms with van der Waals surface area (Å²) in [5.41, 5.74) is 6.40. The van der Waals surface area contributed by atoms with E-state index < -0.39 is 85.7 Å². The summed E-state index contributed by atoms with van der Waals surface area (Å²) in [5, 5.41) is 51.9. The highest BCUT2D eigenvalue weighted by Gasteiger charge is 2.31. The molecule has 1 aromatic rings. The third kappa shape index (κ3) is 10.4. The van der Waals surface area contributed by atoms with Crippen LogP contribution in [0.25, 0.3) is 0 Å². The summed E-state index contributed by atoms with van der Waals surface area (Å²) < 4.78 is 0. The smallest absolute Gasteiger partial charge is 0.326 e. The zero-order valence-corrected chi connectivity index (χ0v) is 18.9. The Morgan fingerprint density at radius 1 is 0.778 bits per heavy atom. The lowest BCUT2D eigenvalue weighted by Gasteiger charge is -2.23. The van der Waals surface area contributed by atoms with E-state index in [9.17, 15) is 39.0 Å². The minimum absolute atomic E-state index is 0.00491. The lowest BCUT2D eigenvalue weighted by atomic mass is 10.1. The molecule has 198 valence electrons. The maximum Gasteiger partial charge on any atom is 0.326 e. The number of amides is 3. The van der Waals surface area contributed by atoms with E-state index in [4.69, 9.17) is 21.1 Å². The Morgan fingerprint density at radius 2 is 1.31 bits per heavy atom. The normalized spacial score (nSPS) is 13.9. The summed E-state index contributed by atoms with van der Waals surface area (Å²) in [6.07, 6.45) is -2.06. The third-order valence-electron chi connectivity index (χ3n) is 4.82. The number of phenols is 1. The van der Waals surface area contributed by atoms with Crippen LogP contribution < -0.4 is 21.7 Å². The van der Waals surface area contributed by atoms with Crippen molar-refractivity contribution < 1.29 is 54.3 Å². The molecule has 0 aliphatic rings. The van der Waals surface area contributed by atoms with Crippen LogP contribution in [0.5, 0.6) is 5.75 Å². The molecular formula is C21H28N4O11. The number of hydrogen-bond acceptors (Lipinski definition) is 9. The maximum absolute atomic E-state index is 12.5. The second-order valence-corrected chi connectivity index (χ2v) is 7.71. The topological polar surface area (TPSA) is 266 Å². The number of carboxylic acids is 3. The molecule has 0 heterocycles. The number of hydrogen-bond donors (Lipinski definition) is 9. The van der Waals surface area contributed by atoms with Gasteiger partial charge in [-0.25, -0.2) is 4.79 Å². The maximum atomic E-state index is 12.5. The number of nitrogens with one attached hydrogen (secondary N) is 3. The van der Waals surface area contributed by atoms with E-state index in [-0.39, 0.29) is 12.2 Å². The largest absolute Gasteiger partial charge is 0.508 e. The van der Waals surface area contributed by atoms with Crippen molar-refractivity contribution in [2.24, 2.45) is 5.73 Å². The fraction of sp³-hybridized carbons (Fsp3) is 0.429. The van der Waals surface area contributed by atoms with Crippen molar-refractivity contribution in [3.63, 3.8) is 0 Å². The van der Waals surface area contributed by atoms with Crippen molar-refractivity contribution in [2.45, 2.75) is 49.9 Å². The molecule has 0 radical (unpaired) electrons. The number of carbonyl (C=O) groups excluding carboxylic acids is 3. The van der Waals surface area contributed by atoms with E-state index in [1.165, 1.54) is 24.3 Å². The van der Waals surface area contributed by atoms with Gasteiger partial charge in [-0.1, -0.05) is 12.1 Å². The highest BCUT2D eigenvalue weighted by Crippen LogP contribution is 2.11. The predicted octanol–water partition coefficient (Wildman–Crippen LogP) is -2.87. The molecule has 10 N–H and O–H groups in total. The van der Waals surface area contributed by atoms with Gasteiger partial charge < -0.3 is 47.2 Å². The van der Waals surface area contributed by atoms with Gasteiger partial charge in [-0.15, -0.1) is 0 Å². The van der Waals surface area contributed by atoms with Gasteiger partial charge in [-0.3, -0.25) is 24.0 Å². The lowest BCUT2D eigenvalue weighted by molar-refractivity contribution is -0.144. The minimum Gasteiger partial charge on any atom is -0.508 e. The summed E-state index contributed by atoms with van der Waals surface area (Å²) >= 11 is 0. The Kier molecular flexibility index (Phi) is 11.8. The van der Waals surface area contributed by atoms with Crippen molar-refractivity contribution >= 4 is 35.6 Å². The lowest BCUT2D eigenvalue weighted by Crippen LogP contribution is -2.58. The quantitative estimate of drug-likeness (QED) is 0.115. The first kappa shape index (κ1) is 29.8. The second-order valence-electron chi connectivity index (χ2n) is 7.71. The number of rotatable bonds is 15. The van der Waals surface area contributed by atoms with Crippen LogP contribution in [0.1, 0.15) is 24.8 Å². The third-order valence-corrected chi connectivity index (χ3v) is 4.82. The molecule has 0 fully saturated rings. The van der Waals surface area contributed by atoms with Gasteiger partial charge in [0.1, 0.15) is 23.9 Å². The molecule has 0 aliphatic heterocycles. The minimum atomic E-state index is -1.81. The molecule has 4 atom stereocenters. The van der Waals surface area contributed by atoms with Crippen LogP contribution in [0, 0.1) is 0 Å². The molecule has 15 heteroatoms. The molecule has 3 amide bonds. The average Bonchev–Trinajstić information content (AvgIpc) is 2.79. The monoisotopic (exact) mass is 512 g/mol. The number of aliphatic hydroxyl groups is 1. The summed E-state index contributed by atoms with van der Waals surface area (Å²) in [4.78, 5) is 70.5. The summed E-state index contributed by atoms with van der Waals surface area (Å²) in [6.45, 7) is -0.943. The van der Waals surface area contributed by atoms with Gasteiger partial charge in [-0.2, -0.15) is 0 Å². The summed E-state index contributed by atoms with van der Waals surface area (Å²) in [5.74, 6) is -7.66. The molecule has 1 rings (SSSR count). The van der Waals surface area contributed by atoms with Crippen molar-refractivity contribution in [3.05, 3.63) is 29.8 Å². The highest BCUT2D eigenvalue weighted by atomic mass is 16.4. The molecular weight excluding hydrogens is 484 g/mol. The van der Waals surface area contributed by atoms with Crippen molar-refractivity contribution in [1.82, 2.24) is 16.0 Å². The van der Waals surface area contributed by atoms with Gasteiger partial charge in [0.05, 0.1) is 19.1 Å². The van der Waals surface area contributed by atoms with Crippen molar-refractivity contribution in [3.8, 4) is 5.75 Å². The van der Waals surface area contributed by atoms with Crippen LogP contribution in [-0.2, 0) is 35.2 Å². The first-order valence-corrected chi connectivity index (χ1v) is 10.6. The number of carboxylic acid groups (broad SMARTS) is 3. The van der Waals surface area contributed by atoms with Crippen LogP contribution in [0.3, 0.4) is 0 Å². The van der Waals surface area contributed by atoms with E-state index in [1.54, 1.807) is 0 Å². The van der Waals surface area contributed by atoms with Gasteiger partial charge in [0.25, 0.3) is 0 Å². The molecule has 1 aromatic carbocycles. The Morgan fingerprint density at radius 3 is 1.81 bits per heavy atom.